The maximum atomic E-state index is 5.91. The molecule has 0 saturated carbocycles. The molecule has 0 radical (unpaired) electrons. The van der Waals surface area contributed by atoms with Crippen molar-refractivity contribution in [2.24, 2.45) is 16.6 Å². The average molecular weight is 226 g/mol. The summed E-state index contributed by atoms with van der Waals surface area (Å²) in [5.41, 5.74) is 5.91. The molecule has 0 unspecified atom stereocenters. The molecule has 0 bridgehead atoms. The van der Waals surface area contributed by atoms with Gasteiger partial charge in [-0.25, -0.2) is 0 Å². The monoisotopic (exact) mass is 226 g/mol. The number of aliphatic imine (C=N–C) groups is 1. The first-order valence-corrected chi connectivity index (χ1v) is 6.33. The summed E-state index contributed by atoms with van der Waals surface area (Å²) in [6.07, 6.45) is 3.62. The van der Waals surface area contributed by atoms with Crippen LogP contribution in [-0.4, -0.2) is 56.0 Å². The van der Waals surface area contributed by atoms with Gasteiger partial charge in [0.1, 0.15) is 0 Å². The third kappa shape index (κ3) is 4.39. The second-order valence-electron chi connectivity index (χ2n) is 4.87. The van der Waals surface area contributed by atoms with E-state index in [2.05, 4.69) is 28.8 Å². The molecule has 1 aliphatic rings. The van der Waals surface area contributed by atoms with Gasteiger partial charge in [-0.05, 0) is 45.3 Å². The molecule has 1 heterocycles. The zero-order valence-electron chi connectivity index (χ0n) is 10.9. The van der Waals surface area contributed by atoms with Gasteiger partial charge >= 0.3 is 0 Å². The SMILES string of the molecule is CCCN=C(N)N(C)CC1CCN(C)CC1. The topological polar surface area (TPSA) is 44.9 Å². The summed E-state index contributed by atoms with van der Waals surface area (Å²) in [6, 6.07) is 0. The fourth-order valence-corrected chi connectivity index (χ4v) is 2.07. The van der Waals surface area contributed by atoms with Crippen LogP contribution in [-0.2, 0) is 0 Å². The summed E-state index contributed by atoms with van der Waals surface area (Å²) < 4.78 is 0. The lowest BCUT2D eigenvalue weighted by molar-refractivity contribution is 0.199. The number of likely N-dealkylation sites (tertiary alicyclic amines) is 1. The Morgan fingerprint density at radius 3 is 2.62 bits per heavy atom. The van der Waals surface area contributed by atoms with Gasteiger partial charge in [0, 0.05) is 20.1 Å². The van der Waals surface area contributed by atoms with Crippen LogP contribution in [0, 0.1) is 5.92 Å². The van der Waals surface area contributed by atoms with Crippen LogP contribution < -0.4 is 5.73 Å². The molecular weight excluding hydrogens is 200 g/mol. The van der Waals surface area contributed by atoms with E-state index in [0.717, 1.165) is 25.4 Å². The molecule has 0 amide bonds. The summed E-state index contributed by atoms with van der Waals surface area (Å²) >= 11 is 0. The number of guanidine groups is 1. The lowest BCUT2D eigenvalue weighted by Crippen LogP contribution is -2.41. The van der Waals surface area contributed by atoms with Crippen LogP contribution in [0.5, 0.6) is 0 Å². The predicted molar refractivity (Wildman–Crippen MR) is 69.6 cm³/mol. The smallest absolute Gasteiger partial charge is 0.190 e. The number of hydrogen-bond acceptors (Lipinski definition) is 2. The first-order chi connectivity index (χ1) is 7.63. The van der Waals surface area contributed by atoms with Crippen LogP contribution in [0.15, 0.2) is 4.99 Å². The zero-order valence-corrected chi connectivity index (χ0v) is 10.9. The quantitative estimate of drug-likeness (QED) is 0.574. The van der Waals surface area contributed by atoms with Crippen LogP contribution in [0.3, 0.4) is 0 Å². The van der Waals surface area contributed by atoms with Crippen molar-refractivity contribution < 1.29 is 0 Å². The van der Waals surface area contributed by atoms with Gasteiger partial charge in [0.2, 0.25) is 0 Å². The third-order valence-corrected chi connectivity index (χ3v) is 3.26. The maximum absolute atomic E-state index is 5.91. The zero-order chi connectivity index (χ0) is 12.0. The Kier molecular flexibility index (Phi) is 5.60. The number of piperidine rings is 1. The predicted octanol–water partition coefficient (Wildman–Crippen LogP) is 0.985. The van der Waals surface area contributed by atoms with Gasteiger partial charge in [0.15, 0.2) is 5.96 Å². The molecule has 1 rings (SSSR count). The Morgan fingerprint density at radius 2 is 2.06 bits per heavy atom. The fraction of sp³-hybridized carbons (Fsp3) is 0.917. The minimum atomic E-state index is 0.695. The van der Waals surface area contributed by atoms with Gasteiger partial charge in [-0.3, -0.25) is 4.99 Å². The molecule has 1 fully saturated rings. The van der Waals surface area contributed by atoms with Crippen molar-refractivity contribution in [3.8, 4) is 0 Å². The van der Waals surface area contributed by atoms with Crippen LogP contribution in [0.2, 0.25) is 0 Å². The highest BCUT2D eigenvalue weighted by Gasteiger charge is 2.18. The van der Waals surface area contributed by atoms with Gasteiger partial charge in [-0.1, -0.05) is 6.92 Å². The van der Waals surface area contributed by atoms with E-state index >= 15 is 0 Å². The van der Waals surface area contributed by atoms with Crippen LogP contribution in [0.1, 0.15) is 26.2 Å². The minimum absolute atomic E-state index is 0.695. The molecule has 0 aromatic rings. The van der Waals surface area contributed by atoms with Crippen molar-refractivity contribution in [3.05, 3.63) is 0 Å². The highest BCUT2D eigenvalue weighted by atomic mass is 15.2. The highest BCUT2D eigenvalue weighted by Crippen LogP contribution is 2.16. The van der Waals surface area contributed by atoms with Crippen molar-refractivity contribution in [1.82, 2.24) is 9.80 Å². The molecular formula is C12H26N4. The molecule has 2 N–H and O–H groups in total. The molecule has 0 aromatic carbocycles. The molecule has 94 valence electrons. The summed E-state index contributed by atoms with van der Waals surface area (Å²) in [6.45, 7) is 6.43. The molecule has 1 saturated heterocycles. The van der Waals surface area contributed by atoms with Crippen LogP contribution in [0.4, 0.5) is 0 Å². The standard InChI is InChI=1S/C12H26N4/c1-4-7-14-12(13)16(3)10-11-5-8-15(2)9-6-11/h11H,4-10H2,1-3H3,(H2,13,14). The van der Waals surface area contributed by atoms with E-state index in [1.807, 2.05) is 7.05 Å². The Hall–Kier alpha value is -0.770. The normalized spacial score (nSPS) is 20.1. The van der Waals surface area contributed by atoms with Crippen LogP contribution in [0.25, 0.3) is 0 Å². The number of nitrogens with two attached hydrogens (primary N) is 1. The van der Waals surface area contributed by atoms with E-state index in [-0.39, 0.29) is 0 Å². The summed E-state index contributed by atoms with van der Waals surface area (Å²) in [5, 5.41) is 0. The average Bonchev–Trinajstić information content (AvgIpc) is 2.29. The fourth-order valence-electron chi connectivity index (χ4n) is 2.07. The van der Waals surface area contributed by atoms with Gasteiger partial charge in [-0.2, -0.15) is 0 Å². The first-order valence-electron chi connectivity index (χ1n) is 6.33. The van der Waals surface area contributed by atoms with E-state index in [0.29, 0.717) is 5.96 Å². The van der Waals surface area contributed by atoms with Gasteiger partial charge in [-0.15, -0.1) is 0 Å². The molecule has 16 heavy (non-hydrogen) atoms. The molecule has 1 aliphatic heterocycles. The third-order valence-electron chi connectivity index (χ3n) is 3.26. The molecule has 4 heteroatoms. The Morgan fingerprint density at radius 1 is 1.44 bits per heavy atom. The van der Waals surface area contributed by atoms with E-state index in [4.69, 9.17) is 5.73 Å². The van der Waals surface area contributed by atoms with Crippen molar-refractivity contribution in [2.75, 3.05) is 40.3 Å². The Bertz CT molecular complexity index is 219. The Balaban J connectivity index is 2.30. The summed E-state index contributed by atoms with van der Waals surface area (Å²) in [4.78, 5) is 8.83. The van der Waals surface area contributed by atoms with E-state index in [1.165, 1.54) is 25.9 Å². The molecule has 0 atom stereocenters. The lowest BCUT2D eigenvalue weighted by atomic mass is 9.97. The van der Waals surface area contributed by atoms with Crippen molar-refractivity contribution in [3.63, 3.8) is 0 Å². The summed E-state index contributed by atoms with van der Waals surface area (Å²) in [7, 11) is 4.24. The van der Waals surface area contributed by atoms with Crippen molar-refractivity contribution in [1.29, 1.82) is 0 Å². The van der Waals surface area contributed by atoms with Gasteiger partial charge in [0.25, 0.3) is 0 Å². The van der Waals surface area contributed by atoms with E-state index < -0.39 is 0 Å². The van der Waals surface area contributed by atoms with Gasteiger partial charge < -0.3 is 15.5 Å². The molecule has 0 aromatic heterocycles. The minimum Gasteiger partial charge on any atom is -0.370 e. The molecule has 0 aliphatic carbocycles. The van der Waals surface area contributed by atoms with E-state index in [1.54, 1.807) is 0 Å². The maximum Gasteiger partial charge on any atom is 0.190 e. The van der Waals surface area contributed by atoms with Crippen molar-refractivity contribution in [2.45, 2.75) is 26.2 Å². The van der Waals surface area contributed by atoms with Crippen molar-refractivity contribution >= 4 is 5.96 Å². The number of hydrogen-bond donors (Lipinski definition) is 1. The summed E-state index contributed by atoms with van der Waals surface area (Å²) in [5.74, 6) is 1.47. The molecule has 0 spiro atoms. The second kappa shape index (κ2) is 6.74. The number of rotatable bonds is 4. The first kappa shape index (κ1) is 13.3. The van der Waals surface area contributed by atoms with E-state index in [9.17, 15) is 0 Å². The van der Waals surface area contributed by atoms with Crippen LogP contribution >= 0.6 is 0 Å². The Labute approximate surface area is 99.5 Å². The lowest BCUT2D eigenvalue weighted by Gasteiger charge is -2.32. The second-order valence-corrected chi connectivity index (χ2v) is 4.87. The van der Waals surface area contributed by atoms with Gasteiger partial charge in [0.05, 0.1) is 0 Å². The number of nitrogens with zero attached hydrogens (tertiary/aromatic N) is 3. The highest BCUT2D eigenvalue weighted by molar-refractivity contribution is 5.77. The molecule has 4 nitrogen and oxygen atoms in total. The largest absolute Gasteiger partial charge is 0.370 e.